The SMILES string of the molecule is CC(C)CC(C)(N)COc1ccc(-c2ccnc(C(F)F)c2)nc1CF. The highest BCUT2D eigenvalue weighted by Gasteiger charge is 2.22. The Labute approximate surface area is 151 Å². The molecule has 0 amide bonds. The zero-order valence-corrected chi connectivity index (χ0v) is 15.2. The monoisotopic (exact) mass is 367 g/mol. The van der Waals surface area contributed by atoms with E-state index in [1.807, 2.05) is 6.92 Å². The number of nitrogens with two attached hydrogens (primary N) is 1. The van der Waals surface area contributed by atoms with E-state index in [1.54, 1.807) is 18.2 Å². The Bertz CT molecular complexity index is 736. The highest BCUT2D eigenvalue weighted by atomic mass is 19.3. The van der Waals surface area contributed by atoms with Crippen molar-refractivity contribution in [1.29, 1.82) is 0 Å². The summed E-state index contributed by atoms with van der Waals surface area (Å²) >= 11 is 0. The molecule has 0 saturated carbocycles. The lowest BCUT2D eigenvalue weighted by Crippen LogP contribution is -2.43. The third kappa shape index (κ3) is 5.42. The molecule has 0 saturated heterocycles. The molecule has 142 valence electrons. The molecular weight excluding hydrogens is 343 g/mol. The maximum atomic E-state index is 13.4. The predicted molar refractivity (Wildman–Crippen MR) is 94.8 cm³/mol. The highest BCUT2D eigenvalue weighted by molar-refractivity contribution is 5.60. The molecule has 2 rings (SSSR count). The van der Waals surface area contributed by atoms with E-state index >= 15 is 0 Å². The molecule has 2 aromatic heterocycles. The molecule has 0 radical (unpaired) electrons. The van der Waals surface area contributed by atoms with E-state index in [0.29, 0.717) is 22.9 Å². The summed E-state index contributed by atoms with van der Waals surface area (Å²) in [6.07, 6.45) is -0.637. The van der Waals surface area contributed by atoms with E-state index in [0.717, 1.165) is 6.42 Å². The van der Waals surface area contributed by atoms with Gasteiger partial charge in [0.05, 0.1) is 5.69 Å². The topological polar surface area (TPSA) is 61.0 Å². The van der Waals surface area contributed by atoms with Gasteiger partial charge in [0.25, 0.3) is 6.43 Å². The molecule has 0 spiro atoms. The average Bonchev–Trinajstić information content (AvgIpc) is 2.59. The normalized spacial score (nSPS) is 13.9. The van der Waals surface area contributed by atoms with Crippen molar-refractivity contribution in [2.45, 2.75) is 45.8 Å². The minimum absolute atomic E-state index is 0.109. The van der Waals surface area contributed by atoms with Gasteiger partial charge in [-0.2, -0.15) is 0 Å². The molecule has 0 aliphatic rings. The van der Waals surface area contributed by atoms with E-state index < -0.39 is 18.6 Å². The fraction of sp³-hybridized carbons (Fsp3) is 0.474. The Morgan fingerprint density at radius 3 is 2.58 bits per heavy atom. The fourth-order valence-corrected chi connectivity index (χ4v) is 2.84. The summed E-state index contributed by atoms with van der Waals surface area (Å²) < 4.78 is 44.7. The van der Waals surface area contributed by atoms with Gasteiger partial charge in [-0.15, -0.1) is 0 Å². The van der Waals surface area contributed by atoms with Gasteiger partial charge in [-0.05, 0) is 43.5 Å². The highest BCUT2D eigenvalue weighted by Crippen LogP contribution is 2.27. The summed E-state index contributed by atoms with van der Waals surface area (Å²) in [5.41, 5.74) is 6.25. The number of hydrogen-bond acceptors (Lipinski definition) is 4. The van der Waals surface area contributed by atoms with Crippen molar-refractivity contribution < 1.29 is 17.9 Å². The average molecular weight is 367 g/mol. The van der Waals surface area contributed by atoms with Gasteiger partial charge in [0.2, 0.25) is 0 Å². The van der Waals surface area contributed by atoms with Crippen LogP contribution in [0, 0.1) is 5.92 Å². The number of pyridine rings is 2. The lowest BCUT2D eigenvalue weighted by molar-refractivity contribution is 0.146. The van der Waals surface area contributed by atoms with Gasteiger partial charge in [0.1, 0.15) is 30.4 Å². The molecule has 1 unspecified atom stereocenters. The standard InChI is InChI=1S/C19H24F3N3O/c1-12(2)9-19(3,23)11-26-17-5-4-14(25-16(17)10-20)13-6-7-24-15(8-13)18(21)22/h4-8,12,18H,9-11,23H2,1-3H3. The second-order valence-electron chi connectivity index (χ2n) is 7.09. The van der Waals surface area contributed by atoms with Gasteiger partial charge in [-0.25, -0.2) is 18.2 Å². The Kier molecular flexibility index (Phi) is 6.58. The Balaban J connectivity index is 2.21. The van der Waals surface area contributed by atoms with Crippen molar-refractivity contribution in [3.8, 4) is 17.0 Å². The molecule has 0 aliphatic heterocycles. The molecule has 7 heteroatoms. The zero-order chi connectivity index (χ0) is 19.3. The van der Waals surface area contributed by atoms with Crippen molar-refractivity contribution in [3.05, 3.63) is 41.9 Å². The molecule has 0 aliphatic carbocycles. The summed E-state index contributed by atoms with van der Waals surface area (Å²) in [4.78, 5) is 7.82. The number of rotatable bonds is 8. The molecule has 0 fully saturated rings. The smallest absolute Gasteiger partial charge is 0.280 e. The van der Waals surface area contributed by atoms with Crippen molar-refractivity contribution >= 4 is 0 Å². The first kappa shape index (κ1) is 20.2. The van der Waals surface area contributed by atoms with Crippen LogP contribution in [-0.2, 0) is 6.67 Å². The van der Waals surface area contributed by atoms with Gasteiger partial charge < -0.3 is 10.5 Å². The quantitative estimate of drug-likeness (QED) is 0.735. The summed E-state index contributed by atoms with van der Waals surface area (Å²) in [5.74, 6) is 0.713. The summed E-state index contributed by atoms with van der Waals surface area (Å²) in [6, 6.07) is 5.99. The van der Waals surface area contributed by atoms with Crippen LogP contribution in [0.3, 0.4) is 0 Å². The third-order valence-corrected chi connectivity index (χ3v) is 3.79. The number of alkyl halides is 3. The van der Waals surface area contributed by atoms with Crippen molar-refractivity contribution in [3.63, 3.8) is 0 Å². The first-order chi connectivity index (χ1) is 12.2. The first-order valence-electron chi connectivity index (χ1n) is 8.44. The second kappa shape index (κ2) is 8.49. The summed E-state index contributed by atoms with van der Waals surface area (Å²) in [6.45, 7) is 5.41. The second-order valence-corrected chi connectivity index (χ2v) is 7.09. The summed E-state index contributed by atoms with van der Waals surface area (Å²) in [7, 11) is 0. The third-order valence-electron chi connectivity index (χ3n) is 3.79. The Morgan fingerprint density at radius 1 is 1.23 bits per heavy atom. The van der Waals surface area contributed by atoms with E-state index in [1.165, 1.54) is 12.3 Å². The van der Waals surface area contributed by atoms with Crippen LogP contribution in [0.4, 0.5) is 13.2 Å². The molecule has 0 bridgehead atoms. The van der Waals surface area contributed by atoms with E-state index in [9.17, 15) is 13.2 Å². The van der Waals surface area contributed by atoms with E-state index in [4.69, 9.17) is 10.5 Å². The zero-order valence-electron chi connectivity index (χ0n) is 15.2. The minimum atomic E-state index is -2.68. The largest absolute Gasteiger partial charge is 0.490 e. The van der Waals surface area contributed by atoms with Crippen LogP contribution < -0.4 is 10.5 Å². The van der Waals surface area contributed by atoms with E-state index in [-0.39, 0.29) is 18.0 Å². The number of nitrogens with zero attached hydrogens (tertiary/aromatic N) is 2. The van der Waals surface area contributed by atoms with Gasteiger partial charge in [0, 0.05) is 17.3 Å². The van der Waals surface area contributed by atoms with Crippen LogP contribution >= 0.6 is 0 Å². The molecule has 2 N–H and O–H groups in total. The van der Waals surface area contributed by atoms with Crippen LogP contribution in [0.25, 0.3) is 11.3 Å². The lowest BCUT2D eigenvalue weighted by Gasteiger charge is -2.27. The maximum Gasteiger partial charge on any atom is 0.280 e. The van der Waals surface area contributed by atoms with Crippen LogP contribution in [0.1, 0.15) is 45.0 Å². The molecule has 2 aromatic rings. The predicted octanol–water partition coefficient (Wildman–Crippen LogP) is 4.69. The maximum absolute atomic E-state index is 13.4. The van der Waals surface area contributed by atoms with E-state index in [2.05, 4.69) is 23.8 Å². The Morgan fingerprint density at radius 2 is 1.96 bits per heavy atom. The minimum Gasteiger partial charge on any atom is -0.490 e. The van der Waals surface area contributed by atoms with Crippen LogP contribution in [0.5, 0.6) is 5.75 Å². The number of halogens is 3. The van der Waals surface area contributed by atoms with Gasteiger partial charge in [0.15, 0.2) is 0 Å². The summed E-state index contributed by atoms with van der Waals surface area (Å²) in [5, 5.41) is 0. The molecule has 0 aromatic carbocycles. The molecule has 2 heterocycles. The van der Waals surface area contributed by atoms with Gasteiger partial charge >= 0.3 is 0 Å². The van der Waals surface area contributed by atoms with Gasteiger partial charge in [-0.1, -0.05) is 13.8 Å². The van der Waals surface area contributed by atoms with Crippen LogP contribution in [0.15, 0.2) is 30.5 Å². The molecule has 26 heavy (non-hydrogen) atoms. The fourth-order valence-electron chi connectivity index (χ4n) is 2.84. The molecule has 1 atom stereocenters. The Hall–Kier alpha value is -2.15. The number of aromatic nitrogens is 2. The van der Waals surface area contributed by atoms with Crippen molar-refractivity contribution in [1.82, 2.24) is 9.97 Å². The number of hydrogen-bond donors (Lipinski definition) is 1. The molecule has 4 nitrogen and oxygen atoms in total. The van der Waals surface area contributed by atoms with Crippen LogP contribution in [-0.4, -0.2) is 22.1 Å². The van der Waals surface area contributed by atoms with Crippen molar-refractivity contribution in [2.24, 2.45) is 11.7 Å². The van der Waals surface area contributed by atoms with Crippen LogP contribution in [0.2, 0.25) is 0 Å². The lowest BCUT2D eigenvalue weighted by atomic mass is 9.93. The first-order valence-corrected chi connectivity index (χ1v) is 8.44. The number of ether oxygens (including phenoxy) is 1. The van der Waals surface area contributed by atoms with Crippen molar-refractivity contribution in [2.75, 3.05) is 6.61 Å². The van der Waals surface area contributed by atoms with Gasteiger partial charge in [-0.3, -0.25) is 4.98 Å². The molecular formula is C19H24F3N3O.